The number of carbonyl (C=O) groups is 2. The Balaban J connectivity index is 1.75. The lowest BCUT2D eigenvalue weighted by atomic mass is 10.2. The molecule has 4 rings (SSSR count). The molecule has 0 atom stereocenters. The van der Waals surface area contributed by atoms with Crippen LogP contribution in [0, 0.1) is 0 Å². The maximum absolute atomic E-state index is 13.1. The second kappa shape index (κ2) is 8.83. The molecule has 3 heterocycles. The van der Waals surface area contributed by atoms with Gasteiger partial charge in [0.05, 0.1) is 21.7 Å². The van der Waals surface area contributed by atoms with Gasteiger partial charge in [0.15, 0.2) is 0 Å². The fourth-order valence-corrected chi connectivity index (χ4v) is 4.42. The number of thiophene rings is 1. The van der Waals surface area contributed by atoms with Gasteiger partial charge in [-0.2, -0.15) is 14.8 Å². The summed E-state index contributed by atoms with van der Waals surface area (Å²) in [7, 11) is 0. The summed E-state index contributed by atoms with van der Waals surface area (Å²) in [5.41, 5.74) is 1.92. The normalized spacial score (nSPS) is 13.7. The lowest BCUT2D eigenvalue weighted by molar-refractivity contribution is -0.113. The number of aromatic nitrogens is 2. The predicted molar refractivity (Wildman–Crippen MR) is 126 cm³/mol. The summed E-state index contributed by atoms with van der Waals surface area (Å²) in [5.74, 6) is 0.562. The Hall–Kier alpha value is -3.30. The molecule has 1 aliphatic rings. The number of anilines is 1. The quantitative estimate of drug-likeness (QED) is 0.450. The highest BCUT2D eigenvalue weighted by molar-refractivity contribution is 7.99. The minimum atomic E-state index is -0.474. The van der Waals surface area contributed by atoms with Crippen molar-refractivity contribution in [3.05, 3.63) is 65.6 Å². The third kappa shape index (κ3) is 4.28. The van der Waals surface area contributed by atoms with E-state index in [0.29, 0.717) is 22.8 Å². The molecule has 0 radical (unpaired) electrons. The predicted octanol–water partition coefficient (Wildman–Crippen LogP) is 4.74. The van der Waals surface area contributed by atoms with Crippen LogP contribution in [0.25, 0.3) is 10.6 Å². The molecule has 2 amide bonds. The minimum absolute atomic E-state index is 0.0872. The van der Waals surface area contributed by atoms with E-state index in [-0.39, 0.29) is 17.4 Å². The van der Waals surface area contributed by atoms with Gasteiger partial charge in [-0.05, 0) is 36.3 Å². The van der Waals surface area contributed by atoms with Crippen LogP contribution in [0.15, 0.2) is 74.9 Å². The average molecular weight is 450 g/mol. The molecule has 0 saturated carbocycles. The Bertz CT molecular complexity index is 1240. The highest BCUT2D eigenvalue weighted by Crippen LogP contribution is 2.28. The third-order valence-electron chi connectivity index (χ3n) is 4.51. The molecule has 0 unspecified atom stereocenters. The van der Waals surface area contributed by atoms with Gasteiger partial charge >= 0.3 is 0 Å². The van der Waals surface area contributed by atoms with Gasteiger partial charge in [-0.1, -0.05) is 31.7 Å². The van der Waals surface area contributed by atoms with Crippen LogP contribution in [0.3, 0.4) is 0 Å². The van der Waals surface area contributed by atoms with Crippen LogP contribution in [0.5, 0.6) is 0 Å². The first-order chi connectivity index (χ1) is 15.0. The number of carbonyl (C=O) groups excluding carboxylic acids is 2. The zero-order valence-corrected chi connectivity index (χ0v) is 18.6. The number of benzene rings is 1. The van der Waals surface area contributed by atoms with Crippen LogP contribution >= 0.6 is 23.1 Å². The fraction of sp³-hybridized carbons (Fsp3) is 0.136. The fourth-order valence-electron chi connectivity index (χ4n) is 2.94. The topological polar surface area (TPSA) is 88.7 Å². The van der Waals surface area contributed by atoms with Crippen LogP contribution in [0.4, 0.5) is 5.82 Å². The second-order valence-electron chi connectivity index (χ2n) is 6.58. The first-order valence-electron chi connectivity index (χ1n) is 9.53. The van der Waals surface area contributed by atoms with E-state index in [0.717, 1.165) is 15.5 Å². The van der Waals surface area contributed by atoms with Crippen molar-refractivity contribution in [1.29, 1.82) is 0 Å². The molecule has 9 heteroatoms. The Morgan fingerprint density at radius 2 is 2.03 bits per heavy atom. The van der Waals surface area contributed by atoms with Gasteiger partial charge in [0, 0.05) is 11.0 Å². The number of thioether (sulfide) groups is 1. The van der Waals surface area contributed by atoms with E-state index in [2.05, 4.69) is 27.0 Å². The number of rotatable bonds is 5. The molecule has 0 spiro atoms. The van der Waals surface area contributed by atoms with Crippen molar-refractivity contribution in [3.8, 4) is 10.6 Å². The highest BCUT2D eigenvalue weighted by atomic mass is 32.2. The molecule has 1 aromatic carbocycles. The average Bonchev–Trinajstić information content (AvgIpc) is 3.42. The largest absolute Gasteiger partial charge is 0.306 e. The molecular weight excluding hydrogens is 430 g/mol. The van der Waals surface area contributed by atoms with Crippen LogP contribution in [-0.4, -0.2) is 39.0 Å². The smallest absolute Gasteiger partial charge is 0.281 e. The number of amides is 2. The molecule has 0 fully saturated rings. The maximum atomic E-state index is 13.1. The number of nitrogens with one attached hydrogen (secondary N) is 1. The molecule has 156 valence electrons. The van der Waals surface area contributed by atoms with E-state index in [4.69, 9.17) is 0 Å². The SMILES string of the molecule is C=C1C(=O)N=C(n2nc(-c3cccs3)cc2NC(=O)c2ccccc2SCC)N=C1C. The van der Waals surface area contributed by atoms with Gasteiger partial charge in [0.2, 0.25) is 0 Å². The summed E-state index contributed by atoms with van der Waals surface area (Å²) in [5, 5.41) is 9.42. The molecule has 1 N–H and O–H groups in total. The monoisotopic (exact) mass is 449 g/mol. The molecular formula is C22H19N5O2S2. The van der Waals surface area contributed by atoms with Crippen molar-refractivity contribution in [2.45, 2.75) is 18.7 Å². The summed E-state index contributed by atoms with van der Waals surface area (Å²) in [6.07, 6.45) is 0. The highest BCUT2D eigenvalue weighted by Gasteiger charge is 2.23. The van der Waals surface area contributed by atoms with Gasteiger partial charge < -0.3 is 5.32 Å². The summed E-state index contributed by atoms with van der Waals surface area (Å²) < 4.78 is 1.39. The summed E-state index contributed by atoms with van der Waals surface area (Å²) >= 11 is 3.12. The maximum Gasteiger partial charge on any atom is 0.281 e. The van der Waals surface area contributed by atoms with E-state index in [9.17, 15) is 9.59 Å². The van der Waals surface area contributed by atoms with Gasteiger partial charge in [0.25, 0.3) is 17.8 Å². The Morgan fingerprint density at radius 3 is 2.74 bits per heavy atom. The van der Waals surface area contributed by atoms with Crippen molar-refractivity contribution >= 4 is 52.4 Å². The van der Waals surface area contributed by atoms with Crippen molar-refractivity contribution in [1.82, 2.24) is 9.78 Å². The van der Waals surface area contributed by atoms with E-state index in [1.165, 1.54) is 16.0 Å². The number of hydrogen-bond donors (Lipinski definition) is 1. The van der Waals surface area contributed by atoms with Crippen LogP contribution in [0.1, 0.15) is 24.2 Å². The molecule has 0 bridgehead atoms. The lowest BCUT2D eigenvalue weighted by Crippen LogP contribution is -2.25. The minimum Gasteiger partial charge on any atom is -0.306 e. The van der Waals surface area contributed by atoms with Crippen LogP contribution < -0.4 is 5.32 Å². The summed E-state index contributed by atoms with van der Waals surface area (Å²) in [6, 6.07) is 13.0. The molecule has 31 heavy (non-hydrogen) atoms. The summed E-state index contributed by atoms with van der Waals surface area (Å²) in [6.45, 7) is 7.43. The van der Waals surface area contributed by atoms with Crippen molar-refractivity contribution in [3.63, 3.8) is 0 Å². The number of nitrogens with zero attached hydrogens (tertiary/aromatic N) is 4. The van der Waals surface area contributed by atoms with Gasteiger partial charge in [0.1, 0.15) is 11.5 Å². The van der Waals surface area contributed by atoms with Crippen LogP contribution in [0.2, 0.25) is 0 Å². The third-order valence-corrected chi connectivity index (χ3v) is 6.36. The lowest BCUT2D eigenvalue weighted by Gasteiger charge is -2.13. The van der Waals surface area contributed by atoms with Crippen LogP contribution in [-0.2, 0) is 4.79 Å². The Morgan fingerprint density at radius 1 is 1.23 bits per heavy atom. The van der Waals surface area contributed by atoms with Gasteiger partial charge in [-0.25, -0.2) is 4.99 Å². The molecule has 7 nitrogen and oxygen atoms in total. The second-order valence-corrected chi connectivity index (χ2v) is 8.83. The number of hydrogen-bond acceptors (Lipinski definition) is 6. The van der Waals surface area contributed by atoms with E-state index < -0.39 is 5.91 Å². The summed E-state index contributed by atoms with van der Waals surface area (Å²) in [4.78, 5) is 35.5. The van der Waals surface area contributed by atoms with Crippen molar-refractivity contribution in [2.24, 2.45) is 9.98 Å². The van der Waals surface area contributed by atoms with Gasteiger partial charge in [-0.3, -0.25) is 9.59 Å². The molecule has 3 aromatic rings. The first-order valence-corrected chi connectivity index (χ1v) is 11.4. The van der Waals surface area contributed by atoms with Crippen molar-refractivity contribution in [2.75, 3.05) is 11.1 Å². The van der Waals surface area contributed by atoms with E-state index in [1.54, 1.807) is 30.8 Å². The molecule has 2 aromatic heterocycles. The van der Waals surface area contributed by atoms with E-state index >= 15 is 0 Å². The molecule has 0 saturated heterocycles. The standard InChI is InChI=1S/C22H19N5O2S2/c1-4-30-17-9-6-5-8-15(17)21(29)24-19-12-16(18-10-7-11-31-18)26-27(19)22-23-14(3)13(2)20(28)25-22/h5-12H,2,4H2,1,3H3,(H,24,29). The van der Waals surface area contributed by atoms with Gasteiger partial charge in [-0.15, -0.1) is 23.1 Å². The zero-order valence-electron chi connectivity index (χ0n) is 17.0. The van der Waals surface area contributed by atoms with E-state index in [1.807, 2.05) is 42.6 Å². The molecule has 0 aliphatic carbocycles. The number of aliphatic imine (C=N–C) groups is 2. The molecule has 1 aliphatic heterocycles. The Kier molecular flexibility index (Phi) is 5.97. The zero-order chi connectivity index (χ0) is 22.0. The Labute approximate surface area is 187 Å². The first kappa shape index (κ1) is 21.0. The van der Waals surface area contributed by atoms with Crippen molar-refractivity contribution < 1.29 is 9.59 Å².